The quantitative estimate of drug-likeness (QED) is 0.538. The van der Waals surface area contributed by atoms with Gasteiger partial charge in [0.15, 0.2) is 0 Å². The minimum absolute atomic E-state index is 0.244. The molecule has 1 rings (SSSR count). The maximum absolute atomic E-state index is 11.1. The number of amides is 1. The number of carboxylic acid groups (broad SMARTS) is 1. The van der Waals surface area contributed by atoms with Crippen molar-refractivity contribution in [1.82, 2.24) is 5.32 Å². The predicted octanol–water partition coefficient (Wildman–Crippen LogP) is 1.72. The minimum atomic E-state index is -1.04. The van der Waals surface area contributed by atoms with Gasteiger partial charge in [0.25, 0.3) is 0 Å². The predicted molar refractivity (Wildman–Crippen MR) is 88.4 cm³/mol. The molecule has 1 amide bonds. The third kappa shape index (κ3) is 8.21. The highest BCUT2D eigenvalue weighted by Gasteiger charge is 2.18. The average Bonchev–Trinajstić information content (AvgIpc) is 2.51. The van der Waals surface area contributed by atoms with Gasteiger partial charge in [0.2, 0.25) is 5.91 Å². The highest BCUT2D eigenvalue weighted by Crippen LogP contribution is 2.14. The summed E-state index contributed by atoms with van der Waals surface area (Å²) in [6.07, 6.45) is 4.51. The summed E-state index contributed by atoms with van der Waals surface area (Å²) in [5.41, 5.74) is 6.27. The molecule has 6 nitrogen and oxygen atoms in total. The first-order chi connectivity index (χ1) is 11.0. The molecular weight excluding hydrogens is 296 g/mol. The largest absolute Gasteiger partial charge is 0.494 e. The van der Waals surface area contributed by atoms with Crippen molar-refractivity contribution < 1.29 is 19.4 Å². The summed E-state index contributed by atoms with van der Waals surface area (Å²) >= 11 is 0. The molecule has 6 heteroatoms. The summed E-state index contributed by atoms with van der Waals surface area (Å²) in [7, 11) is 0. The highest BCUT2D eigenvalue weighted by molar-refractivity contribution is 5.82. The molecule has 1 aromatic carbocycles. The van der Waals surface area contributed by atoms with Crippen molar-refractivity contribution in [2.45, 2.75) is 45.1 Å². The van der Waals surface area contributed by atoms with E-state index in [1.54, 1.807) is 0 Å². The Kier molecular flexibility index (Phi) is 8.75. The van der Waals surface area contributed by atoms with E-state index in [1.165, 1.54) is 6.92 Å². The number of aliphatic carboxylic acids is 1. The Morgan fingerprint density at radius 3 is 2.39 bits per heavy atom. The van der Waals surface area contributed by atoms with E-state index in [9.17, 15) is 9.59 Å². The Bertz CT molecular complexity index is 488. The molecule has 0 aliphatic carbocycles. The maximum atomic E-state index is 11.1. The summed E-state index contributed by atoms with van der Waals surface area (Å²) in [6, 6.07) is 6.37. The van der Waals surface area contributed by atoms with Crippen LogP contribution < -0.4 is 15.8 Å². The fourth-order valence-corrected chi connectivity index (χ4v) is 2.19. The highest BCUT2D eigenvalue weighted by atomic mass is 16.5. The molecule has 0 unspecified atom stereocenters. The lowest BCUT2D eigenvalue weighted by molar-refractivity contribution is -0.141. The molecule has 0 spiro atoms. The zero-order valence-electron chi connectivity index (χ0n) is 13.6. The number of hydrogen-bond acceptors (Lipinski definition) is 4. The molecule has 0 aliphatic rings. The number of carbonyl (C=O) groups is 2. The van der Waals surface area contributed by atoms with Crippen LogP contribution in [0.3, 0.4) is 0 Å². The number of rotatable bonds is 11. The SMILES string of the molecule is CC(=O)N[C@@H](Cc1ccc(OCCCCCCN)cc1)C(=O)O. The van der Waals surface area contributed by atoms with Crippen LogP contribution in [0.4, 0.5) is 0 Å². The minimum Gasteiger partial charge on any atom is -0.494 e. The van der Waals surface area contributed by atoms with Crippen LogP contribution in [-0.2, 0) is 16.0 Å². The first kappa shape index (κ1) is 19.0. The van der Waals surface area contributed by atoms with Crippen molar-refractivity contribution in [3.8, 4) is 5.75 Å². The summed E-state index contributed by atoms with van der Waals surface area (Å²) in [6.45, 7) is 2.70. The number of ether oxygens (including phenoxy) is 1. The van der Waals surface area contributed by atoms with E-state index < -0.39 is 12.0 Å². The molecule has 0 bridgehead atoms. The Balaban J connectivity index is 2.40. The topological polar surface area (TPSA) is 102 Å². The second-order valence-corrected chi connectivity index (χ2v) is 5.49. The molecule has 1 atom stereocenters. The summed E-state index contributed by atoms with van der Waals surface area (Å²) < 4.78 is 5.64. The Hall–Kier alpha value is -2.08. The third-order valence-electron chi connectivity index (χ3n) is 3.41. The van der Waals surface area contributed by atoms with Gasteiger partial charge >= 0.3 is 5.97 Å². The van der Waals surface area contributed by atoms with Gasteiger partial charge < -0.3 is 20.9 Å². The maximum Gasteiger partial charge on any atom is 0.326 e. The Morgan fingerprint density at radius 1 is 1.17 bits per heavy atom. The fourth-order valence-electron chi connectivity index (χ4n) is 2.19. The van der Waals surface area contributed by atoms with E-state index in [-0.39, 0.29) is 12.3 Å². The van der Waals surface area contributed by atoms with Gasteiger partial charge in [-0.2, -0.15) is 0 Å². The Labute approximate surface area is 137 Å². The summed E-state index contributed by atoms with van der Waals surface area (Å²) in [5, 5.41) is 11.5. The van der Waals surface area contributed by atoms with Gasteiger partial charge in [-0.05, 0) is 37.1 Å². The second-order valence-electron chi connectivity index (χ2n) is 5.49. The van der Waals surface area contributed by atoms with Crippen LogP contribution in [0.5, 0.6) is 5.75 Å². The second kappa shape index (κ2) is 10.6. The van der Waals surface area contributed by atoms with Crippen molar-refractivity contribution in [3.63, 3.8) is 0 Å². The van der Waals surface area contributed by atoms with Crippen LogP contribution in [0.1, 0.15) is 38.2 Å². The van der Waals surface area contributed by atoms with Gasteiger partial charge in [0, 0.05) is 13.3 Å². The zero-order valence-corrected chi connectivity index (χ0v) is 13.6. The van der Waals surface area contributed by atoms with Crippen molar-refractivity contribution in [2.75, 3.05) is 13.2 Å². The summed E-state index contributed by atoms with van der Waals surface area (Å²) in [4.78, 5) is 22.1. The molecule has 23 heavy (non-hydrogen) atoms. The molecule has 128 valence electrons. The van der Waals surface area contributed by atoms with Crippen molar-refractivity contribution in [3.05, 3.63) is 29.8 Å². The number of carbonyl (C=O) groups excluding carboxylic acids is 1. The molecule has 0 aliphatic heterocycles. The number of nitrogens with one attached hydrogen (secondary N) is 1. The van der Waals surface area contributed by atoms with E-state index >= 15 is 0 Å². The van der Waals surface area contributed by atoms with Crippen LogP contribution in [-0.4, -0.2) is 36.2 Å². The van der Waals surface area contributed by atoms with Gasteiger partial charge in [-0.3, -0.25) is 4.79 Å². The monoisotopic (exact) mass is 322 g/mol. The van der Waals surface area contributed by atoms with Crippen LogP contribution in [0.2, 0.25) is 0 Å². The first-order valence-corrected chi connectivity index (χ1v) is 7.94. The lowest BCUT2D eigenvalue weighted by Gasteiger charge is -2.13. The molecule has 0 saturated carbocycles. The van der Waals surface area contributed by atoms with E-state index in [0.29, 0.717) is 6.61 Å². The van der Waals surface area contributed by atoms with Gasteiger partial charge in [0.05, 0.1) is 6.61 Å². The van der Waals surface area contributed by atoms with Crippen LogP contribution >= 0.6 is 0 Å². The van der Waals surface area contributed by atoms with Crippen molar-refractivity contribution in [1.29, 1.82) is 0 Å². The molecular formula is C17H26N2O4. The lowest BCUT2D eigenvalue weighted by Crippen LogP contribution is -2.41. The zero-order chi connectivity index (χ0) is 17.1. The fraction of sp³-hybridized carbons (Fsp3) is 0.529. The van der Waals surface area contributed by atoms with E-state index in [0.717, 1.165) is 43.5 Å². The van der Waals surface area contributed by atoms with Crippen molar-refractivity contribution >= 4 is 11.9 Å². The third-order valence-corrected chi connectivity index (χ3v) is 3.41. The van der Waals surface area contributed by atoms with E-state index in [2.05, 4.69) is 5.32 Å². The molecule has 4 N–H and O–H groups in total. The molecule has 0 radical (unpaired) electrons. The summed E-state index contributed by atoms with van der Waals surface area (Å²) in [5.74, 6) is -0.635. The number of unbranched alkanes of at least 4 members (excludes halogenated alkanes) is 3. The van der Waals surface area contributed by atoms with E-state index in [4.69, 9.17) is 15.6 Å². The number of nitrogens with two attached hydrogens (primary N) is 1. The molecule has 0 aromatic heterocycles. The van der Waals surface area contributed by atoms with Gasteiger partial charge in [-0.15, -0.1) is 0 Å². The molecule has 1 aromatic rings. The molecule has 0 heterocycles. The first-order valence-electron chi connectivity index (χ1n) is 7.94. The van der Waals surface area contributed by atoms with Crippen LogP contribution in [0.25, 0.3) is 0 Å². The molecule has 0 fully saturated rings. The van der Waals surface area contributed by atoms with Gasteiger partial charge in [-0.25, -0.2) is 4.79 Å². The average molecular weight is 322 g/mol. The number of benzene rings is 1. The number of hydrogen-bond donors (Lipinski definition) is 3. The lowest BCUT2D eigenvalue weighted by atomic mass is 10.1. The van der Waals surface area contributed by atoms with Crippen LogP contribution in [0.15, 0.2) is 24.3 Å². The molecule has 0 saturated heterocycles. The van der Waals surface area contributed by atoms with E-state index in [1.807, 2.05) is 24.3 Å². The standard InChI is InChI=1S/C17H26N2O4/c1-13(20)19-16(17(21)22)12-14-6-8-15(9-7-14)23-11-5-3-2-4-10-18/h6-9,16H,2-5,10-12,18H2,1H3,(H,19,20)(H,21,22)/t16-/m0/s1. The van der Waals surface area contributed by atoms with Crippen LogP contribution in [0, 0.1) is 0 Å². The van der Waals surface area contributed by atoms with Gasteiger partial charge in [0.1, 0.15) is 11.8 Å². The normalized spacial score (nSPS) is 11.7. The smallest absolute Gasteiger partial charge is 0.326 e. The Morgan fingerprint density at radius 2 is 1.83 bits per heavy atom. The van der Waals surface area contributed by atoms with Crippen molar-refractivity contribution in [2.24, 2.45) is 5.73 Å². The number of carboxylic acids is 1. The van der Waals surface area contributed by atoms with Gasteiger partial charge in [-0.1, -0.05) is 25.0 Å².